The number of nitrogens with zero attached hydrogens (tertiary/aromatic N) is 4. The summed E-state index contributed by atoms with van der Waals surface area (Å²) in [6.45, 7) is 3.77. The van der Waals surface area contributed by atoms with E-state index in [1.54, 1.807) is 31.5 Å². The molecule has 0 spiro atoms. The van der Waals surface area contributed by atoms with Crippen molar-refractivity contribution in [1.29, 1.82) is 0 Å². The molecule has 0 radical (unpaired) electrons. The first-order chi connectivity index (χ1) is 14.1. The Kier molecular flexibility index (Phi) is 5.57. The molecule has 152 valence electrons. The van der Waals surface area contributed by atoms with Crippen LogP contribution in [-0.4, -0.2) is 52.3 Å². The number of benzene rings is 1. The quantitative estimate of drug-likeness (QED) is 0.519. The lowest BCUT2D eigenvalue weighted by molar-refractivity contribution is -0.0605. The lowest BCUT2D eigenvalue weighted by Crippen LogP contribution is -2.50. The molecule has 29 heavy (non-hydrogen) atoms. The minimum absolute atomic E-state index is 0.00758. The predicted molar refractivity (Wildman–Crippen MR) is 106 cm³/mol. The topological polar surface area (TPSA) is 91.6 Å². The van der Waals surface area contributed by atoms with E-state index in [-0.39, 0.29) is 18.0 Å². The first kappa shape index (κ1) is 19.1. The van der Waals surface area contributed by atoms with Gasteiger partial charge in [0.1, 0.15) is 17.7 Å². The van der Waals surface area contributed by atoms with Crippen molar-refractivity contribution in [3.63, 3.8) is 0 Å². The summed E-state index contributed by atoms with van der Waals surface area (Å²) in [7, 11) is 1.74. The first-order valence-corrected chi connectivity index (χ1v) is 9.44. The van der Waals surface area contributed by atoms with Gasteiger partial charge in [0.15, 0.2) is 11.7 Å². The number of aliphatic imine (C=N–C) groups is 1. The molecule has 0 amide bonds. The van der Waals surface area contributed by atoms with Crippen molar-refractivity contribution in [3.8, 4) is 11.6 Å². The molecule has 2 aromatic heterocycles. The zero-order valence-corrected chi connectivity index (χ0v) is 16.3. The lowest BCUT2D eigenvalue weighted by atomic mass is 10.1. The Morgan fingerprint density at radius 3 is 2.86 bits per heavy atom. The zero-order chi connectivity index (χ0) is 20.2. The maximum atomic E-state index is 13.2. The van der Waals surface area contributed by atoms with E-state index >= 15 is 0 Å². The summed E-state index contributed by atoms with van der Waals surface area (Å²) in [5.41, 5.74) is 0.941. The van der Waals surface area contributed by atoms with Gasteiger partial charge in [0.25, 0.3) is 0 Å². The standard InChI is InChI=1S/C20H23FN6O2/c1-13-11-27(12-17(29-13)14-5-7-15(21)8-6-14)20(22-2)23-10-18-24-19(26-25-18)16-4-3-9-28-16/h3-9,13,17H,10-12H2,1-2H3,(H,22,23)(H,24,25,26). The van der Waals surface area contributed by atoms with Crippen LogP contribution in [0.2, 0.25) is 0 Å². The molecular weight excluding hydrogens is 375 g/mol. The van der Waals surface area contributed by atoms with Crippen LogP contribution in [-0.2, 0) is 11.3 Å². The molecule has 1 saturated heterocycles. The summed E-state index contributed by atoms with van der Waals surface area (Å²) in [6.07, 6.45) is 1.43. The monoisotopic (exact) mass is 398 g/mol. The van der Waals surface area contributed by atoms with Gasteiger partial charge in [0.2, 0.25) is 5.82 Å². The predicted octanol–water partition coefficient (Wildman–Crippen LogP) is 2.74. The third-order valence-corrected chi connectivity index (χ3v) is 4.70. The second-order valence-electron chi connectivity index (χ2n) is 6.88. The van der Waals surface area contributed by atoms with Gasteiger partial charge >= 0.3 is 0 Å². The normalized spacial score (nSPS) is 20.1. The van der Waals surface area contributed by atoms with Gasteiger partial charge in [-0.2, -0.15) is 0 Å². The Hall–Kier alpha value is -3.20. The SMILES string of the molecule is CN=C(NCc1nc(-c2ccco2)n[nH]1)N1CC(C)OC(c2ccc(F)cc2)C1. The van der Waals surface area contributed by atoms with Gasteiger partial charge in [-0.15, -0.1) is 5.10 Å². The van der Waals surface area contributed by atoms with Crippen molar-refractivity contribution < 1.29 is 13.5 Å². The summed E-state index contributed by atoms with van der Waals surface area (Å²) >= 11 is 0. The number of aromatic amines is 1. The number of rotatable bonds is 4. The van der Waals surface area contributed by atoms with Crippen molar-refractivity contribution in [3.05, 3.63) is 59.9 Å². The molecular formula is C20H23FN6O2. The van der Waals surface area contributed by atoms with Gasteiger partial charge in [0, 0.05) is 13.6 Å². The largest absolute Gasteiger partial charge is 0.461 e. The Morgan fingerprint density at radius 1 is 1.31 bits per heavy atom. The summed E-state index contributed by atoms with van der Waals surface area (Å²) in [5.74, 6) is 2.28. The van der Waals surface area contributed by atoms with Crippen LogP contribution in [0.25, 0.3) is 11.6 Å². The second kappa shape index (κ2) is 8.44. The molecule has 1 aliphatic heterocycles. The number of morpholine rings is 1. The van der Waals surface area contributed by atoms with E-state index in [4.69, 9.17) is 9.15 Å². The highest BCUT2D eigenvalue weighted by atomic mass is 19.1. The van der Waals surface area contributed by atoms with Crippen LogP contribution in [0.15, 0.2) is 52.1 Å². The van der Waals surface area contributed by atoms with Crippen LogP contribution in [0.1, 0.15) is 24.4 Å². The number of nitrogens with one attached hydrogen (secondary N) is 2. The number of hydrogen-bond acceptors (Lipinski definition) is 5. The molecule has 1 aromatic carbocycles. The fraction of sp³-hybridized carbons (Fsp3) is 0.350. The van der Waals surface area contributed by atoms with Crippen LogP contribution in [0, 0.1) is 5.82 Å². The van der Waals surface area contributed by atoms with E-state index in [1.807, 2.05) is 13.0 Å². The molecule has 4 rings (SSSR count). The average molecular weight is 398 g/mol. The molecule has 1 aliphatic rings. The highest BCUT2D eigenvalue weighted by Gasteiger charge is 2.28. The molecule has 2 unspecified atom stereocenters. The van der Waals surface area contributed by atoms with Crippen molar-refractivity contribution in [1.82, 2.24) is 25.4 Å². The third-order valence-electron chi connectivity index (χ3n) is 4.70. The van der Waals surface area contributed by atoms with E-state index in [9.17, 15) is 4.39 Å². The molecule has 0 aliphatic carbocycles. The van der Waals surface area contributed by atoms with Gasteiger partial charge in [-0.3, -0.25) is 10.1 Å². The van der Waals surface area contributed by atoms with Crippen LogP contribution in [0.3, 0.4) is 0 Å². The Balaban J connectivity index is 1.41. The Bertz CT molecular complexity index is 954. The zero-order valence-electron chi connectivity index (χ0n) is 16.3. The Labute approximate surface area is 167 Å². The molecule has 3 heterocycles. The lowest BCUT2D eigenvalue weighted by Gasteiger charge is -2.38. The smallest absolute Gasteiger partial charge is 0.216 e. The first-order valence-electron chi connectivity index (χ1n) is 9.44. The Morgan fingerprint density at radius 2 is 2.14 bits per heavy atom. The van der Waals surface area contributed by atoms with Crippen LogP contribution in [0.4, 0.5) is 4.39 Å². The van der Waals surface area contributed by atoms with E-state index < -0.39 is 0 Å². The maximum Gasteiger partial charge on any atom is 0.216 e. The summed E-state index contributed by atoms with van der Waals surface area (Å²) in [5, 5.41) is 10.4. The summed E-state index contributed by atoms with van der Waals surface area (Å²) < 4.78 is 24.6. The maximum absolute atomic E-state index is 13.2. The molecule has 8 nitrogen and oxygen atoms in total. The van der Waals surface area contributed by atoms with Crippen LogP contribution >= 0.6 is 0 Å². The highest BCUT2D eigenvalue weighted by molar-refractivity contribution is 5.80. The van der Waals surface area contributed by atoms with Gasteiger partial charge in [-0.1, -0.05) is 12.1 Å². The summed E-state index contributed by atoms with van der Waals surface area (Å²) in [6, 6.07) is 10.0. The molecule has 1 fully saturated rings. The van der Waals surface area contributed by atoms with E-state index in [0.717, 1.165) is 11.5 Å². The van der Waals surface area contributed by atoms with Crippen LogP contribution in [0.5, 0.6) is 0 Å². The van der Waals surface area contributed by atoms with Gasteiger partial charge < -0.3 is 19.4 Å². The van der Waals surface area contributed by atoms with Gasteiger partial charge in [0.05, 0.1) is 25.5 Å². The summed E-state index contributed by atoms with van der Waals surface area (Å²) in [4.78, 5) is 11.0. The molecule has 0 saturated carbocycles. The molecule has 2 N–H and O–H groups in total. The highest BCUT2D eigenvalue weighted by Crippen LogP contribution is 2.25. The second-order valence-corrected chi connectivity index (χ2v) is 6.88. The number of furan rings is 1. The third kappa shape index (κ3) is 4.45. The number of aromatic nitrogens is 3. The van der Waals surface area contributed by atoms with E-state index in [1.165, 1.54) is 12.1 Å². The van der Waals surface area contributed by atoms with Crippen LogP contribution < -0.4 is 5.32 Å². The molecule has 3 aromatic rings. The minimum atomic E-state index is -0.257. The number of H-pyrrole nitrogens is 1. The molecule has 9 heteroatoms. The van der Waals surface area contributed by atoms with Gasteiger partial charge in [-0.25, -0.2) is 9.37 Å². The van der Waals surface area contributed by atoms with Crippen molar-refractivity contribution >= 4 is 5.96 Å². The van der Waals surface area contributed by atoms with Crippen molar-refractivity contribution in [2.24, 2.45) is 4.99 Å². The fourth-order valence-electron chi connectivity index (χ4n) is 3.37. The molecule has 2 atom stereocenters. The molecule has 0 bridgehead atoms. The fourth-order valence-corrected chi connectivity index (χ4v) is 3.37. The average Bonchev–Trinajstić information content (AvgIpc) is 3.40. The van der Waals surface area contributed by atoms with E-state index in [0.29, 0.717) is 37.0 Å². The van der Waals surface area contributed by atoms with E-state index in [2.05, 4.69) is 30.4 Å². The number of guanidine groups is 1. The van der Waals surface area contributed by atoms with Gasteiger partial charge in [-0.05, 0) is 36.8 Å². The number of hydrogen-bond donors (Lipinski definition) is 2. The van der Waals surface area contributed by atoms with Crippen molar-refractivity contribution in [2.75, 3.05) is 20.1 Å². The minimum Gasteiger partial charge on any atom is -0.461 e. The number of ether oxygens (including phenoxy) is 1. The van der Waals surface area contributed by atoms with Crippen molar-refractivity contribution in [2.45, 2.75) is 25.7 Å². The number of halogens is 1.